The summed E-state index contributed by atoms with van der Waals surface area (Å²) in [5.74, 6) is 2.50. The molecule has 21 aromatic carbocycles. The molecular weight excluding hydrogens is 1650 g/mol. The van der Waals surface area contributed by atoms with Crippen molar-refractivity contribution in [1.82, 2.24) is 0 Å². The third-order valence-electron chi connectivity index (χ3n) is 25.2. The zero-order chi connectivity index (χ0) is 91.5. The van der Waals surface area contributed by atoms with Gasteiger partial charge in [-0.15, -0.1) is 0 Å². The van der Waals surface area contributed by atoms with Crippen molar-refractivity contribution in [3.63, 3.8) is 0 Å². The van der Waals surface area contributed by atoms with E-state index >= 15 is 0 Å². The fourth-order valence-electron chi connectivity index (χ4n) is 18.5. The van der Waals surface area contributed by atoms with Crippen molar-refractivity contribution in [2.45, 2.75) is 26.2 Å². The van der Waals surface area contributed by atoms with E-state index in [0.29, 0.717) is 23.0 Å². The van der Waals surface area contributed by atoms with Crippen LogP contribution in [0, 0.1) is 0 Å². The van der Waals surface area contributed by atoms with E-state index in [4.69, 9.17) is 9.47 Å². The van der Waals surface area contributed by atoms with Crippen molar-refractivity contribution in [2.24, 2.45) is 0 Å². The normalized spacial score (nSPS) is 11.2. The van der Waals surface area contributed by atoms with Crippen LogP contribution in [0.3, 0.4) is 0 Å². The monoisotopic (exact) mass is 1750 g/mol. The van der Waals surface area contributed by atoms with Gasteiger partial charge in [0, 0.05) is 86.2 Å². The second kappa shape index (κ2) is 38.8. The molecule has 6 heteroatoms. The highest BCUT2D eigenvalue weighted by molar-refractivity contribution is 6.03. The molecule has 0 bridgehead atoms. The lowest BCUT2D eigenvalue weighted by atomic mass is 9.85. The molecule has 0 aliphatic rings. The minimum Gasteiger partial charge on any atom is -0.457 e. The van der Waals surface area contributed by atoms with E-state index in [1.165, 1.54) is 0 Å². The van der Waals surface area contributed by atoms with Crippen LogP contribution in [-0.2, 0) is 5.41 Å². The number of nitrogens with zero attached hydrogens (tertiary/aromatic N) is 3. The predicted molar refractivity (Wildman–Crippen MR) is 572 cm³/mol. The van der Waals surface area contributed by atoms with Crippen molar-refractivity contribution in [3.05, 3.63) is 539 Å². The van der Waals surface area contributed by atoms with Crippen LogP contribution < -0.4 is 29.5 Å². The molecule has 0 fully saturated rings. The van der Waals surface area contributed by atoms with Gasteiger partial charge in [-0.2, -0.15) is 0 Å². The fraction of sp³-hybridized carbons (Fsp3) is 0.0308. The number of anilines is 11. The van der Waals surface area contributed by atoms with Gasteiger partial charge in [0.05, 0.1) is 28.4 Å². The van der Waals surface area contributed by atoms with Crippen molar-refractivity contribution in [2.75, 3.05) is 20.0 Å². The molecule has 0 aliphatic heterocycles. The van der Waals surface area contributed by atoms with Crippen LogP contribution in [0.2, 0.25) is 0 Å². The maximum absolute atomic E-state index is 7.76. The first-order valence-electron chi connectivity index (χ1n) is 46.5. The number of ether oxygens (including phenoxy) is 2. The van der Waals surface area contributed by atoms with Crippen molar-refractivity contribution < 1.29 is 9.47 Å². The molecule has 136 heavy (non-hydrogen) atoms. The summed E-state index contributed by atoms with van der Waals surface area (Å²) < 4.78 is 15.2. The quantitative estimate of drug-likeness (QED) is 0.0583. The molecular formula is C130H98N4O2. The summed E-state index contributed by atoms with van der Waals surface area (Å²) in [5, 5.41) is 4.11. The van der Waals surface area contributed by atoms with Crippen LogP contribution >= 0.6 is 0 Å². The SMILES string of the molecule is CC(C)(C)c1cc(N(c2cccc(-c3ccccc3)c2)c2c(-c3ccccc3)cccc2-c2ccccc2)cc(N(c2cc(Oc3cccc(-c4ccccc4)c3)cc(N(c3ccc(-c4ccccc4)cc3)c3cc(Nc4ccc(-c5ccccc5)cc4-c4ccc(-c5ccccc5)cc4)cc(Oc4ccc(-c5ccccc5)cc4)c3)c2)c2c(-c3ccccc3)cccc2-c2ccccc2)c1. The number of rotatable bonds is 26. The van der Waals surface area contributed by atoms with Gasteiger partial charge in [-0.1, -0.05) is 439 Å². The Bertz CT molecular complexity index is 7580. The number of nitrogens with one attached hydrogen (secondary N) is 1. The molecule has 0 unspecified atom stereocenters. The second-order valence-electron chi connectivity index (χ2n) is 35.3. The van der Waals surface area contributed by atoms with Crippen LogP contribution in [0.1, 0.15) is 26.3 Å². The number of para-hydroxylation sites is 2. The Morgan fingerprint density at radius 2 is 0.456 bits per heavy atom. The Morgan fingerprint density at radius 3 is 0.875 bits per heavy atom. The topological polar surface area (TPSA) is 40.2 Å². The van der Waals surface area contributed by atoms with Crippen LogP contribution in [0.25, 0.3) is 122 Å². The van der Waals surface area contributed by atoms with E-state index < -0.39 is 5.41 Å². The molecule has 0 saturated carbocycles. The van der Waals surface area contributed by atoms with Crippen LogP contribution in [0.5, 0.6) is 23.0 Å². The summed E-state index contributed by atoms with van der Waals surface area (Å²) >= 11 is 0. The fourth-order valence-corrected chi connectivity index (χ4v) is 18.5. The van der Waals surface area contributed by atoms with Gasteiger partial charge in [0.15, 0.2) is 0 Å². The first-order chi connectivity index (χ1) is 67.0. The van der Waals surface area contributed by atoms with Gasteiger partial charge in [-0.3, -0.25) is 0 Å². The standard InChI is InChI=1S/C130H98N4O2/c1-130(2,3)109-83-113(133(112-60-34-58-106(80-112)95-44-20-7-21-45-95)128-122(101-50-26-10-27-51-101)62-36-63-123(128)102-52-28-11-29-53-102)87-114(84-109)134(129-124(103-54-30-12-31-55-103)64-37-65-125(129)104-56-32-13-33-57-104)117-88-116(90-121(91-117)136-119-61-35-59-107(81-119)96-46-22-8-23-47-96)132(111-75-70-99(71-76-111)93-40-16-5-17-41-93)115-85-110(86-120(89-115)135-118-77-72-100(73-78-118)94-42-18-6-19-43-94)131-127-79-74-108(97-48-24-9-25-49-97)82-126(127)105-68-66-98(67-69-105)92-38-14-4-15-39-92/h4-91,131H,1-3H3. The minimum atomic E-state index is -0.459. The van der Waals surface area contributed by atoms with E-state index in [0.717, 1.165) is 191 Å². The summed E-state index contributed by atoms with van der Waals surface area (Å²) in [4.78, 5) is 7.42. The molecule has 0 spiro atoms. The molecule has 6 nitrogen and oxygen atoms in total. The average molecular weight is 1750 g/mol. The summed E-state index contributed by atoms with van der Waals surface area (Å²) in [7, 11) is 0. The molecule has 0 aromatic heterocycles. The number of benzene rings is 21. The third kappa shape index (κ3) is 18.8. The number of hydrogen-bond acceptors (Lipinski definition) is 6. The Labute approximate surface area is 797 Å². The number of hydrogen-bond donors (Lipinski definition) is 1. The second-order valence-corrected chi connectivity index (χ2v) is 35.3. The minimum absolute atomic E-state index is 0.459. The molecule has 0 radical (unpaired) electrons. The van der Waals surface area contributed by atoms with Gasteiger partial charge in [-0.25, -0.2) is 0 Å². The Morgan fingerprint density at radius 1 is 0.169 bits per heavy atom. The van der Waals surface area contributed by atoms with Crippen molar-refractivity contribution >= 4 is 62.6 Å². The summed E-state index contributed by atoms with van der Waals surface area (Å²) in [6, 6.07) is 192. The molecule has 0 amide bonds. The van der Waals surface area contributed by atoms with E-state index in [9.17, 15) is 0 Å². The molecule has 0 heterocycles. The van der Waals surface area contributed by atoms with Gasteiger partial charge in [0.2, 0.25) is 0 Å². The first-order valence-corrected chi connectivity index (χ1v) is 46.5. The Hall–Kier alpha value is -17.6. The molecule has 1 N–H and O–H groups in total. The molecule has 650 valence electrons. The smallest absolute Gasteiger partial charge is 0.131 e. The summed E-state index contributed by atoms with van der Waals surface area (Å²) in [6.07, 6.45) is 0. The maximum Gasteiger partial charge on any atom is 0.131 e. The van der Waals surface area contributed by atoms with Gasteiger partial charge < -0.3 is 29.5 Å². The molecule has 0 aliphatic carbocycles. The van der Waals surface area contributed by atoms with Gasteiger partial charge in [0.25, 0.3) is 0 Å². The highest BCUT2D eigenvalue weighted by Gasteiger charge is 2.31. The Kier molecular flexibility index (Phi) is 24.3. The molecule has 0 saturated heterocycles. The Balaban J connectivity index is 0.852. The molecule has 21 rings (SSSR count). The average Bonchev–Trinajstić information content (AvgIpc) is 0.737. The van der Waals surface area contributed by atoms with E-state index in [2.05, 4.69) is 575 Å². The predicted octanol–water partition coefficient (Wildman–Crippen LogP) is 37.1. The van der Waals surface area contributed by atoms with Gasteiger partial charge >= 0.3 is 0 Å². The zero-order valence-electron chi connectivity index (χ0n) is 76.0. The molecule has 0 atom stereocenters. The van der Waals surface area contributed by atoms with Crippen LogP contribution in [0.15, 0.2) is 534 Å². The first kappa shape index (κ1) is 85.2. The summed E-state index contributed by atoms with van der Waals surface area (Å²) in [5.41, 5.74) is 33.9. The van der Waals surface area contributed by atoms with Gasteiger partial charge in [0.1, 0.15) is 23.0 Å². The lowest BCUT2D eigenvalue weighted by Crippen LogP contribution is -2.19. The molecule has 21 aromatic rings. The largest absolute Gasteiger partial charge is 0.457 e. The van der Waals surface area contributed by atoms with E-state index in [-0.39, 0.29) is 0 Å². The highest BCUT2D eigenvalue weighted by Crippen LogP contribution is 2.55. The maximum atomic E-state index is 7.76. The van der Waals surface area contributed by atoms with E-state index in [1.54, 1.807) is 0 Å². The van der Waals surface area contributed by atoms with Crippen LogP contribution in [0.4, 0.5) is 62.6 Å². The van der Waals surface area contributed by atoms with Crippen molar-refractivity contribution in [3.8, 4) is 145 Å². The van der Waals surface area contributed by atoms with Crippen LogP contribution in [-0.4, -0.2) is 0 Å². The highest BCUT2D eigenvalue weighted by atomic mass is 16.5. The lowest BCUT2D eigenvalue weighted by molar-refractivity contribution is 0.483. The summed E-state index contributed by atoms with van der Waals surface area (Å²) in [6.45, 7) is 7.01. The van der Waals surface area contributed by atoms with Gasteiger partial charge in [-0.05, 0) is 197 Å². The zero-order valence-corrected chi connectivity index (χ0v) is 76.0. The van der Waals surface area contributed by atoms with Crippen molar-refractivity contribution in [1.29, 1.82) is 0 Å². The lowest BCUT2D eigenvalue weighted by Gasteiger charge is -2.36. The van der Waals surface area contributed by atoms with E-state index in [1.807, 2.05) is 0 Å². The third-order valence-corrected chi connectivity index (χ3v) is 25.2.